The van der Waals surface area contributed by atoms with E-state index in [1.807, 2.05) is 0 Å². The van der Waals surface area contributed by atoms with E-state index < -0.39 is 5.97 Å². The Morgan fingerprint density at radius 2 is 2.29 bits per heavy atom. The van der Waals surface area contributed by atoms with Crippen LogP contribution in [0.4, 0.5) is 0 Å². The molecular weight excluding hydrogens is 240 g/mol. The van der Waals surface area contributed by atoms with Crippen molar-refractivity contribution >= 4 is 17.3 Å². The van der Waals surface area contributed by atoms with Crippen molar-refractivity contribution in [2.45, 2.75) is 13.5 Å². The second-order valence-corrected chi connectivity index (χ2v) is 4.74. The SMILES string of the molecule is Cc1cc(=O)n(Cc2ccc(C(=O)O)s2)cn1. The Balaban J connectivity index is 2.25. The van der Waals surface area contributed by atoms with Gasteiger partial charge in [-0.25, -0.2) is 9.78 Å². The highest BCUT2D eigenvalue weighted by molar-refractivity contribution is 7.13. The van der Waals surface area contributed by atoms with Gasteiger partial charge in [0, 0.05) is 16.6 Å². The highest BCUT2D eigenvalue weighted by atomic mass is 32.1. The number of thiophene rings is 1. The van der Waals surface area contributed by atoms with Gasteiger partial charge in [-0.3, -0.25) is 9.36 Å². The van der Waals surface area contributed by atoms with Gasteiger partial charge in [0.2, 0.25) is 0 Å². The lowest BCUT2D eigenvalue weighted by Gasteiger charge is -2.02. The Kier molecular flexibility index (Phi) is 3.06. The number of carboxylic acid groups (broad SMARTS) is 1. The van der Waals surface area contributed by atoms with Crippen molar-refractivity contribution in [1.29, 1.82) is 0 Å². The lowest BCUT2D eigenvalue weighted by Crippen LogP contribution is -2.20. The number of carboxylic acids is 1. The molecule has 17 heavy (non-hydrogen) atoms. The molecule has 5 nitrogen and oxygen atoms in total. The fourth-order valence-electron chi connectivity index (χ4n) is 1.38. The first-order valence-corrected chi connectivity index (χ1v) is 5.73. The first-order chi connectivity index (χ1) is 8.06. The van der Waals surface area contributed by atoms with Crippen LogP contribution < -0.4 is 5.56 Å². The van der Waals surface area contributed by atoms with Crippen LogP contribution in [0.15, 0.2) is 29.3 Å². The number of aryl methyl sites for hydroxylation is 1. The molecule has 0 spiro atoms. The summed E-state index contributed by atoms with van der Waals surface area (Å²) in [6.45, 7) is 2.10. The molecule has 2 heterocycles. The predicted molar refractivity (Wildman–Crippen MR) is 63.6 cm³/mol. The van der Waals surface area contributed by atoms with Crippen molar-refractivity contribution in [3.63, 3.8) is 0 Å². The molecule has 0 amide bonds. The monoisotopic (exact) mass is 250 g/mol. The first kappa shape index (κ1) is 11.5. The van der Waals surface area contributed by atoms with Crippen molar-refractivity contribution in [3.8, 4) is 0 Å². The molecule has 0 aliphatic carbocycles. The Labute approximate surface area is 101 Å². The van der Waals surface area contributed by atoms with E-state index in [9.17, 15) is 9.59 Å². The molecule has 1 N–H and O–H groups in total. The van der Waals surface area contributed by atoms with E-state index in [-0.39, 0.29) is 10.4 Å². The Morgan fingerprint density at radius 3 is 2.88 bits per heavy atom. The standard InChI is InChI=1S/C11H10N2O3S/c1-7-4-10(14)13(6-12-7)5-8-2-3-9(17-8)11(15)16/h2-4,6H,5H2,1H3,(H,15,16). The number of hydrogen-bond donors (Lipinski definition) is 1. The zero-order valence-corrected chi connectivity index (χ0v) is 9.90. The summed E-state index contributed by atoms with van der Waals surface area (Å²) in [6.07, 6.45) is 1.47. The maximum Gasteiger partial charge on any atom is 0.345 e. The van der Waals surface area contributed by atoms with Gasteiger partial charge in [-0.2, -0.15) is 0 Å². The minimum absolute atomic E-state index is 0.136. The van der Waals surface area contributed by atoms with Crippen LogP contribution in [0.2, 0.25) is 0 Å². The number of aromatic nitrogens is 2. The van der Waals surface area contributed by atoms with Gasteiger partial charge in [-0.05, 0) is 19.1 Å². The second-order valence-electron chi connectivity index (χ2n) is 3.57. The molecule has 2 rings (SSSR count). The molecule has 2 aromatic rings. The molecule has 0 fully saturated rings. The molecule has 0 bridgehead atoms. The first-order valence-electron chi connectivity index (χ1n) is 4.91. The summed E-state index contributed by atoms with van der Waals surface area (Å²) in [5.74, 6) is -0.948. The number of nitrogens with zero attached hydrogens (tertiary/aromatic N) is 2. The molecule has 0 aliphatic rings. The van der Waals surface area contributed by atoms with E-state index in [4.69, 9.17) is 5.11 Å². The molecule has 0 atom stereocenters. The summed E-state index contributed by atoms with van der Waals surface area (Å²) in [6, 6.07) is 4.70. The Morgan fingerprint density at radius 1 is 1.53 bits per heavy atom. The highest BCUT2D eigenvalue weighted by Crippen LogP contribution is 2.16. The topological polar surface area (TPSA) is 72.2 Å². The molecule has 0 radical (unpaired) electrons. The van der Waals surface area contributed by atoms with Gasteiger partial charge in [0.05, 0.1) is 12.9 Å². The molecule has 0 saturated carbocycles. The minimum Gasteiger partial charge on any atom is -0.477 e. The lowest BCUT2D eigenvalue weighted by molar-refractivity contribution is 0.0702. The summed E-state index contributed by atoms with van der Waals surface area (Å²) in [4.78, 5) is 27.4. The molecule has 6 heteroatoms. The van der Waals surface area contributed by atoms with Crippen LogP contribution in [-0.4, -0.2) is 20.6 Å². The summed E-state index contributed by atoms with van der Waals surface area (Å²) in [5.41, 5.74) is 0.534. The normalized spacial score (nSPS) is 10.4. The predicted octanol–water partition coefficient (Wildman–Crippen LogP) is 1.36. The smallest absolute Gasteiger partial charge is 0.345 e. The molecule has 0 saturated heterocycles. The number of rotatable bonds is 3. The van der Waals surface area contributed by atoms with E-state index in [0.29, 0.717) is 12.2 Å². The van der Waals surface area contributed by atoms with Crippen LogP contribution in [-0.2, 0) is 6.54 Å². The quantitative estimate of drug-likeness (QED) is 0.892. The number of hydrogen-bond acceptors (Lipinski definition) is 4. The largest absolute Gasteiger partial charge is 0.477 e. The van der Waals surface area contributed by atoms with Crippen LogP contribution >= 0.6 is 11.3 Å². The van der Waals surface area contributed by atoms with Gasteiger partial charge in [0.15, 0.2) is 0 Å². The van der Waals surface area contributed by atoms with Crippen molar-refractivity contribution in [3.05, 3.63) is 50.3 Å². The van der Waals surface area contributed by atoms with Gasteiger partial charge in [0.1, 0.15) is 4.88 Å². The lowest BCUT2D eigenvalue weighted by atomic mass is 10.4. The molecule has 88 valence electrons. The third-order valence-electron chi connectivity index (χ3n) is 2.21. The average molecular weight is 250 g/mol. The number of carbonyl (C=O) groups is 1. The fourth-order valence-corrected chi connectivity index (χ4v) is 2.23. The molecule has 0 aliphatic heterocycles. The highest BCUT2D eigenvalue weighted by Gasteiger charge is 2.07. The van der Waals surface area contributed by atoms with Gasteiger partial charge in [0.25, 0.3) is 5.56 Å². The summed E-state index contributed by atoms with van der Waals surface area (Å²) in [5, 5.41) is 8.78. The van der Waals surface area contributed by atoms with Crippen molar-refractivity contribution < 1.29 is 9.90 Å². The van der Waals surface area contributed by atoms with Crippen molar-refractivity contribution in [2.24, 2.45) is 0 Å². The zero-order chi connectivity index (χ0) is 12.4. The third kappa shape index (κ3) is 2.59. The van der Waals surface area contributed by atoms with Gasteiger partial charge in [-0.1, -0.05) is 0 Å². The van der Waals surface area contributed by atoms with Crippen LogP contribution in [0.25, 0.3) is 0 Å². The maximum absolute atomic E-state index is 11.6. The van der Waals surface area contributed by atoms with Gasteiger partial charge >= 0.3 is 5.97 Å². The molecule has 0 unspecified atom stereocenters. The van der Waals surface area contributed by atoms with Gasteiger partial charge in [-0.15, -0.1) is 11.3 Å². The van der Waals surface area contributed by atoms with E-state index in [0.717, 1.165) is 16.2 Å². The van der Waals surface area contributed by atoms with Crippen molar-refractivity contribution in [1.82, 2.24) is 9.55 Å². The summed E-state index contributed by atoms with van der Waals surface area (Å²) >= 11 is 1.16. The summed E-state index contributed by atoms with van der Waals surface area (Å²) in [7, 11) is 0. The van der Waals surface area contributed by atoms with Crippen molar-refractivity contribution in [2.75, 3.05) is 0 Å². The van der Waals surface area contributed by atoms with E-state index in [2.05, 4.69) is 4.98 Å². The number of aromatic carboxylic acids is 1. The second kappa shape index (κ2) is 4.50. The zero-order valence-electron chi connectivity index (χ0n) is 9.08. The molecule has 0 aromatic carbocycles. The van der Waals surface area contributed by atoms with E-state index >= 15 is 0 Å². The van der Waals surface area contributed by atoms with Gasteiger partial charge < -0.3 is 5.11 Å². The summed E-state index contributed by atoms with van der Waals surface area (Å²) < 4.78 is 1.45. The van der Waals surface area contributed by atoms with E-state index in [1.54, 1.807) is 13.0 Å². The molecule has 2 aromatic heterocycles. The third-order valence-corrected chi connectivity index (χ3v) is 3.27. The van der Waals surface area contributed by atoms with E-state index in [1.165, 1.54) is 23.0 Å². The maximum atomic E-state index is 11.6. The van der Waals surface area contributed by atoms with Crippen LogP contribution in [0.3, 0.4) is 0 Å². The Hall–Kier alpha value is -1.95. The minimum atomic E-state index is -0.948. The average Bonchev–Trinajstić information content (AvgIpc) is 2.71. The fraction of sp³-hybridized carbons (Fsp3) is 0.182. The van der Waals surface area contributed by atoms with Crippen LogP contribution in [0.5, 0.6) is 0 Å². The Bertz CT molecular complexity index is 615. The van der Waals surface area contributed by atoms with Crippen LogP contribution in [0.1, 0.15) is 20.2 Å². The molecular formula is C11H10N2O3S. The van der Waals surface area contributed by atoms with Crippen LogP contribution in [0, 0.1) is 6.92 Å².